The molecule has 0 aliphatic carbocycles. The summed E-state index contributed by atoms with van der Waals surface area (Å²) in [5.74, 6) is -2.24. The van der Waals surface area contributed by atoms with Gasteiger partial charge in [-0.05, 0) is 18.6 Å². The average Bonchev–Trinajstić information content (AvgIpc) is 2.37. The second-order valence-electron chi connectivity index (χ2n) is 4.21. The predicted molar refractivity (Wildman–Crippen MR) is 63.0 cm³/mol. The highest BCUT2D eigenvalue weighted by atomic mass is 19.4. The largest absolute Gasteiger partial charge is 0.481 e. The molecule has 0 aliphatic heterocycles. The van der Waals surface area contributed by atoms with Crippen molar-refractivity contribution in [1.29, 1.82) is 0 Å². The van der Waals surface area contributed by atoms with E-state index in [2.05, 4.69) is 10.3 Å². The van der Waals surface area contributed by atoms with Crippen LogP contribution in [-0.2, 0) is 11.0 Å². The second kappa shape index (κ2) is 6.36. The smallest absolute Gasteiger partial charge is 0.417 e. The van der Waals surface area contributed by atoms with Crippen LogP contribution in [0.4, 0.5) is 13.2 Å². The zero-order valence-electron chi connectivity index (χ0n) is 10.6. The van der Waals surface area contributed by atoms with E-state index in [1.165, 1.54) is 6.92 Å². The minimum atomic E-state index is -4.50. The lowest BCUT2D eigenvalue weighted by Gasteiger charge is -2.09. The molecule has 1 heterocycles. The maximum absolute atomic E-state index is 12.3. The molecule has 5 nitrogen and oxygen atoms in total. The van der Waals surface area contributed by atoms with Gasteiger partial charge in [0.05, 0.1) is 11.5 Å². The highest BCUT2D eigenvalue weighted by Gasteiger charge is 2.30. The Morgan fingerprint density at radius 1 is 1.40 bits per heavy atom. The number of aromatic nitrogens is 1. The van der Waals surface area contributed by atoms with Crippen molar-refractivity contribution in [2.75, 3.05) is 6.54 Å². The van der Waals surface area contributed by atoms with Crippen LogP contribution in [-0.4, -0.2) is 28.5 Å². The highest BCUT2D eigenvalue weighted by Crippen LogP contribution is 2.28. The molecule has 0 aliphatic rings. The number of carbonyl (C=O) groups is 2. The first-order valence-corrected chi connectivity index (χ1v) is 5.76. The van der Waals surface area contributed by atoms with Gasteiger partial charge in [0.25, 0.3) is 5.91 Å². The van der Waals surface area contributed by atoms with Crippen LogP contribution in [0.1, 0.15) is 29.4 Å². The van der Waals surface area contributed by atoms with E-state index in [1.807, 2.05) is 0 Å². The van der Waals surface area contributed by atoms with Crippen molar-refractivity contribution >= 4 is 11.9 Å². The molecule has 1 amide bonds. The van der Waals surface area contributed by atoms with E-state index in [0.717, 1.165) is 12.1 Å². The minimum Gasteiger partial charge on any atom is -0.481 e. The third-order valence-electron chi connectivity index (χ3n) is 2.61. The van der Waals surface area contributed by atoms with Crippen LogP contribution in [0, 0.1) is 5.92 Å². The van der Waals surface area contributed by atoms with Gasteiger partial charge in [-0.2, -0.15) is 13.2 Å². The number of nitrogens with zero attached hydrogens (tertiary/aromatic N) is 1. The molecule has 0 saturated heterocycles. The molecule has 1 aromatic rings. The first-order chi connectivity index (χ1) is 9.21. The molecule has 20 heavy (non-hydrogen) atoms. The number of hydrogen-bond acceptors (Lipinski definition) is 3. The lowest BCUT2D eigenvalue weighted by Crippen LogP contribution is -2.27. The summed E-state index contributed by atoms with van der Waals surface area (Å²) in [6, 6.07) is 1.74. The third-order valence-corrected chi connectivity index (χ3v) is 2.61. The summed E-state index contributed by atoms with van der Waals surface area (Å²) >= 11 is 0. The van der Waals surface area contributed by atoms with Crippen LogP contribution in [0.25, 0.3) is 0 Å². The zero-order valence-corrected chi connectivity index (χ0v) is 10.6. The molecule has 0 saturated carbocycles. The summed E-state index contributed by atoms with van der Waals surface area (Å²) in [5.41, 5.74) is -1.09. The number of hydrogen-bond donors (Lipinski definition) is 2. The number of pyridine rings is 1. The Morgan fingerprint density at radius 2 is 2.05 bits per heavy atom. The molecule has 1 unspecified atom stereocenters. The van der Waals surface area contributed by atoms with Crippen LogP contribution in [0.2, 0.25) is 0 Å². The fourth-order valence-corrected chi connectivity index (χ4v) is 1.31. The summed E-state index contributed by atoms with van der Waals surface area (Å²) in [4.78, 5) is 25.5. The second-order valence-corrected chi connectivity index (χ2v) is 4.21. The van der Waals surface area contributed by atoms with Crippen molar-refractivity contribution in [2.45, 2.75) is 19.5 Å². The average molecular weight is 290 g/mol. The normalized spacial score (nSPS) is 12.8. The van der Waals surface area contributed by atoms with Gasteiger partial charge in [0.1, 0.15) is 5.69 Å². The number of alkyl halides is 3. The molecular formula is C12H13F3N2O3. The van der Waals surface area contributed by atoms with E-state index >= 15 is 0 Å². The van der Waals surface area contributed by atoms with E-state index in [-0.39, 0.29) is 18.7 Å². The number of nitrogens with one attached hydrogen (secondary N) is 1. The fraction of sp³-hybridized carbons (Fsp3) is 0.417. The molecule has 0 radical (unpaired) electrons. The molecule has 1 atom stereocenters. The van der Waals surface area contributed by atoms with Crippen molar-refractivity contribution < 1.29 is 27.9 Å². The monoisotopic (exact) mass is 290 g/mol. The van der Waals surface area contributed by atoms with Gasteiger partial charge in [-0.1, -0.05) is 6.92 Å². The maximum atomic E-state index is 12.3. The summed E-state index contributed by atoms with van der Waals surface area (Å²) in [5, 5.41) is 11.0. The van der Waals surface area contributed by atoms with Crippen molar-refractivity contribution in [3.63, 3.8) is 0 Å². The number of carboxylic acid groups (broad SMARTS) is 1. The summed E-state index contributed by atoms with van der Waals surface area (Å²) in [7, 11) is 0. The number of carboxylic acids is 1. The molecule has 0 spiro atoms. The summed E-state index contributed by atoms with van der Waals surface area (Å²) < 4.78 is 36.9. The SMILES string of the molecule is CC(CCNC(=O)c1ccc(C(F)(F)F)cn1)C(=O)O. The lowest BCUT2D eigenvalue weighted by atomic mass is 10.1. The molecular weight excluding hydrogens is 277 g/mol. The van der Waals surface area contributed by atoms with E-state index < -0.39 is 29.5 Å². The van der Waals surface area contributed by atoms with Gasteiger partial charge in [-0.3, -0.25) is 14.6 Å². The first-order valence-electron chi connectivity index (χ1n) is 5.76. The Morgan fingerprint density at radius 3 is 2.50 bits per heavy atom. The van der Waals surface area contributed by atoms with Crippen LogP contribution in [0.15, 0.2) is 18.3 Å². The number of aliphatic carboxylic acids is 1. The van der Waals surface area contributed by atoms with Gasteiger partial charge < -0.3 is 10.4 Å². The van der Waals surface area contributed by atoms with Crippen molar-refractivity contribution in [1.82, 2.24) is 10.3 Å². The topological polar surface area (TPSA) is 79.3 Å². The Balaban J connectivity index is 2.54. The van der Waals surface area contributed by atoms with Crippen molar-refractivity contribution in [3.8, 4) is 0 Å². The molecule has 110 valence electrons. The van der Waals surface area contributed by atoms with E-state index in [1.54, 1.807) is 0 Å². The first kappa shape index (κ1) is 15.9. The number of amides is 1. The molecule has 0 aromatic carbocycles. The van der Waals surface area contributed by atoms with Crippen LogP contribution in [0.3, 0.4) is 0 Å². The molecule has 2 N–H and O–H groups in total. The summed E-state index contributed by atoms with van der Waals surface area (Å²) in [6.07, 6.45) is -3.70. The van der Waals surface area contributed by atoms with Crippen molar-refractivity contribution in [3.05, 3.63) is 29.6 Å². The molecule has 0 fully saturated rings. The highest BCUT2D eigenvalue weighted by molar-refractivity contribution is 5.92. The lowest BCUT2D eigenvalue weighted by molar-refractivity contribution is -0.141. The molecule has 1 aromatic heterocycles. The van der Waals surface area contributed by atoms with Crippen molar-refractivity contribution in [2.24, 2.45) is 5.92 Å². The van der Waals surface area contributed by atoms with E-state index in [9.17, 15) is 22.8 Å². The van der Waals surface area contributed by atoms with Crippen LogP contribution >= 0.6 is 0 Å². The zero-order chi connectivity index (χ0) is 15.3. The Bertz CT molecular complexity index is 486. The fourth-order valence-electron chi connectivity index (χ4n) is 1.31. The molecule has 8 heteroatoms. The van der Waals surface area contributed by atoms with E-state index in [4.69, 9.17) is 5.11 Å². The molecule has 1 rings (SSSR count). The number of carbonyl (C=O) groups excluding carboxylic acids is 1. The Hall–Kier alpha value is -2.12. The Kier molecular flexibility index (Phi) is 5.06. The van der Waals surface area contributed by atoms with Gasteiger partial charge >= 0.3 is 12.1 Å². The van der Waals surface area contributed by atoms with Gasteiger partial charge in [0.2, 0.25) is 0 Å². The maximum Gasteiger partial charge on any atom is 0.417 e. The van der Waals surface area contributed by atoms with Gasteiger partial charge in [0, 0.05) is 12.7 Å². The Labute approximate surface area is 112 Å². The van der Waals surface area contributed by atoms with Gasteiger partial charge in [0.15, 0.2) is 0 Å². The quantitative estimate of drug-likeness (QED) is 0.868. The van der Waals surface area contributed by atoms with Gasteiger partial charge in [-0.25, -0.2) is 0 Å². The number of rotatable bonds is 5. The number of halogens is 3. The van der Waals surface area contributed by atoms with Gasteiger partial charge in [-0.15, -0.1) is 0 Å². The molecule has 0 bridgehead atoms. The van der Waals surface area contributed by atoms with E-state index in [0.29, 0.717) is 6.20 Å². The van der Waals surface area contributed by atoms with Crippen LogP contribution < -0.4 is 5.32 Å². The standard InChI is InChI=1S/C12H13F3N2O3/c1-7(11(19)20)4-5-16-10(18)9-3-2-8(6-17-9)12(13,14)15/h2-3,6-7H,4-5H2,1H3,(H,16,18)(H,19,20). The predicted octanol–water partition coefficient (Wildman–Crippen LogP) is 1.94. The summed E-state index contributed by atoms with van der Waals surface area (Å²) in [6.45, 7) is 1.60. The minimum absolute atomic E-state index is 0.106. The van der Waals surface area contributed by atoms with Crippen LogP contribution in [0.5, 0.6) is 0 Å². The third kappa shape index (κ3) is 4.52.